The monoisotopic (exact) mass is 233 g/mol. The van der Waals surface area contributed by atoms with Gasteiger partial charge in [-0.25, -0.2) is 4.98 Å². The van der Waals surface area contributed by atoms with Crippen molar-refractivity contribution in [2.45, 2.75) is 19.3 Å². The van der Waals surface area contributed by atoms with Crippen LogP contribution in [0.5, 0.6) is 0 Å². The molecule has 0 spiro atoms. The molecule has 3 nitrogen and oxygen atoms in total. The maximum atomic E-state index is 5.55. The highest BCUT2D eigenvalue weighted by molar-refractivity contribution is 7.10. The van der Waals surface area contributed by atoms with E-state index >= 15 is 0 Å². The molecule has 0 aliphatic heterocycles. The summed E-state index contributed by atoms with van der Waals surface area (Å²) in [6.45, 7) is 2.88. The number of hydrogen-bond acceptors (Lipinski definition) is 4. The van der Waals surface area contributed by atoms with Gasteiger partial charge in [-0.3, -0.25) is 4.98 Å². The van der Waals surface area contributed by atoms with E-state index < -0.39 is 0 Å². The van der Waals surface area contributed by atoms with Gasteiger partial charge in [0.2, 0.25) is 0 Å². The molecule has 0 saturated carbocycles. The summed E-state index contributed by atoms with van der Waals surface area (Å²) in [7, 11) is 0. The summed E-state index contributed by atoms with van der Waals surface area (Å²) in [5.74, 6) is 0.450. The van der Waals surface area contributed by atoms with Crippen LogP contribution in [0.4, 0.5) is 0 Å². The van der Waals surface area contributed by atoms with E-state index in [1.807, 2.05) is 12.1 Å². The third-order valence-corrected chi connectivity index (χ3v) is 3.60. The standard InChI is InChI=1S/C12H15N3S/c1-9(2-5-13)12-15-11(8-16-12)10-3-6-14-7-4-10/h3-4,6-9H,2,5,13H2,1H3. The van der Waals surface area contributed by atoms with E-state index in [0.717, 1.165) is 22.7 Å². The van der Waals surface area contributed by atoms with Gasteiger partial charge in [-0.1, -0.05) is 6.92 Å². The van der Waals surface area contributed by atoms with Crippen LogP contribution in [-0.4, -0.2) is 16.5 Å². The molecular weight excluding hydrogens is 218 g/mol. The van der Waals surface area contributed by atoms with Crippen LogP contribution >= 0.6 is 11.3 Å². The Morgan fingerprint density at radius 1 is 1.38 bits per heavy atom. The summed E-state index contributed by atoms with van der Waals surface area (Å²) in [6, 6.07) is 3.96. The number of nitrogens with zero attached hydrogens (tertiary/aromatic N) is 2. The van der Waals surface area contributed by atoms with Gasteiger partial charge in [-0.2, -0.15) is 0 Å². The molecule has 16 heavy (non-hydrogen) atoms. The first-order chi connectivity index (χ1) is 7.81. The van der Waals surface area contributed by atoms with Gasteiger partial charge in [0.05, 0.1) is 10.7 Å². The lowest BCUT2D eigenvalue weighted by molar-refractivity contribution is 0.685. The van der Waals surface area contributed by atoms with Crippen LogP contribution in [0.25, 0.3) is 11.3 Å². The second-order valence-corrected chi connectivity index (χ2v) is 4.67. The highest BCUT2D eigenvalue weighted by atomic mass is 32.1. The molecule has 2 aromatic rings. The third-order valence-electron chi connectivity index (χ3n) is 2.52. The largest absolute Gasteiger partial charge is 0.330 e. The highest BCUT2D eigenvalue weighted by Gasteiger charge is 2.10. The molecule has 2 aromatic heterocycles. The fraction of sp³-hybridized carbons (Fsp3) is 0.333. The van der Waals surface area contributed by atoms with Crippen molar-refractivity contribution in [1.29, 1.82) is 0 Å². The van der Waals surface area contributed by atoms with Gasteiger partial charge in [-0.15, -0.1) is 11.3 Å². The van der Waals surface area contributed by atoms with E-state index in [2.05, 4.69) is 22.3 Å². The molecule has 4 heteroatoms. The van der Waals surface area contributed by atoms with Crippen molar-refractivity contribution in [3.05, 3.63) is 34.9 Å². The highest BCUT2D eigenvalue weighted by Crippen LogP contribution is 2.27. The number of hydrogen-bond donors (Lipinski definition) is 1. The molecule has 1 unspecified atom stereocenters. The van der Waals surface area contributed by atoms with E-state index in [-0.39, 0.29) is 0 Å². The van der Waals surface area contributed by atoms with E-state index in [1.54, 1.807) is 23.7 Å². The van der Waals surface area contributed by atoms with Gasteiger partial charge < -0.3 is 5.73 Å². The second-order valence-electron chi connectivity index (χ2n) is 3.79. The lowest BCUT2D eigenvalue weighted by Crippen LogP contribution is -2.04. The minimum absolute atomic E-state index is 0.450. The summed E-state index contributed by atoms with van der Waals surface area (Å²) < 4.78 is 0. The SMILES string of the molecule is CC(CCN)c1nc(-c2ccncc2)cs1. The molecule has 0 aromatic carbocycles. The molecule has 2 N–H and O–H groups in total. The van der Waals surface area contributed by atoms with E-state index in [9.17, 15) is 0 Å². The van der Waals surface area contributed by atoms with Crippen LogP contribution in [0.1, 0.15) is 24.3 Å². The fourth-order valence-electron chi connectivity index (χ4n) is 1.54. The lowest BCUT2D eigenvalue weighted by Gasteiger charge is -2.04. The summed E-state index contributed by atoms with van der Waals surface area (Å²) >= 11 is 1.71. The molecule has 2 heterocycles. The predicted molar refractivity (Wildman–Crippen MR) is 67.4 cm³/mol. The van der Waals surface area contributed by atoms with Crippen molar-refractivity contribution in [2.75, 3.05) is 6.54 Å². The number of rotatable bonds is 4. The number of aromatic nitrogens is 2. The van der Waals surface area contributed by atoms with Crippen molar-refractivity contribution in [2.24, 2.45) is 5.73 Å². The average molecular weight is 233 g/mol. The Morgan fingerprint density at radius 3 is 2.81 bits per heavy atom. The Hall–Kier alpha value is -1.26. The van der Waals surface area contributed by atoms with Gasteiger partial charge in [-0.05, 0) is 25.1 Å². The van der Waals surface area contributed by atoms with Crippen molar-refractivity contribution in [3.8, 4) is 11.3 Å². The van der Waals surface area contributed by atoms with Crippen LogP contribution < -0.4 is 5.73 Å². The molecular formula is C12H15N3S. The van der Waals surface area contributed by atoms with Gasteiger partial charge >= 0.3 is 0 Å². The predicted octanol–water partition coefficient (Wildman–Crippen LogP) is 2.66. The fourth-order valence-corrected chi connectivity index (χ4v) is 2.47. The first-order valence-electron chi connectivity index (χ1n) is 5.37. The Bertz CT molecular complexity index is 439. The number of nitrogens with two attached hydrogens (primary N) is 1. The quantitative estimate of drug-likeness (QED) is 0.883. The normalized spacial score (nSPS) is 12.6. The zero-order valence-electron chi connectivity index (χ0n) is 9.26. The van der Waals surface area contributed by atoms with Crippen molar-refractivity contribution < 1.29 is 0 Å². The molecule has 0 saturated heterocycles. The number of pyridine rings is 1. The molecule has 2 rings (SSSR count). The Balaban J connectivity index is 2.20. The van der Waals surface area contributed by atoms with Gasteiger partial charge in [0.1, 0.15) is 0 Å². The lowest BCUT2D eigenvalue weighted by atomic mass is 10.1. The molecule has 0 amide bonds. The minimum atomic E-state index is 0.450. The van der Waals surface area contributed by atoms with E-state index in [0.29, 0.717) is 12.5 Å². The Kier molecular flexibility index (Phi) is 3.64. The van der Waals surface area contributed by atoms with E-state index in [1.165, 1.54) is 0 Å². The van der Waals surface area contributed by atoms with Crippen molar-refractivity contribution in [1.82, 2.24) is 9.97 Å². The van der Waals surface area contributed by atoms with Crippen LogP contribution in [0.15, 0.2) is 29.9 Å². The molecule has 0 aliphatic rings. The van der Waals surface area contributed by atoms with Gasteiger partial charge in [0.15, 0.2) is 0 Å². The molecule has 0 radical (unpaired) electrons. The molecule has 0 aliphatic carbocycles. The summed E-state index contributed by atoms with van der Waals surface area (Å²) in [6.07, 6.45) is 4.57. The summed E-state index contributed by atoms with van der Waals surface area (Å²) in [5, 5.41) is 3.26. The van der Waals surface area contributed by atoms with Crippen LogP contribution in [0.2, 0.25) is 0 Å². The van der Waals surface area contributed by atoms with Crippen LogP contribution in [0.3, 0.4) is 0 Å². The average Bonchev–Trinajstić information content (AvgIpc) is 2.80. The third kappa shape index (κ3) is 2.46. The van der Waals surface area contributed by atoms with Crippen molar-refractivity contribution >= 4 is 11.3 Å². The number of thiazole rings is 1. The maximum Gasteiger partial charge on any atom is 0.0961 e. The molecule has 0 bridgehead atoms. The Labute approximate surface area is 99.4 Å². The molecule has 84 valence electrons. The van der Waals surface area contributed by atoms with E-state index in [4.69, 9.17) is 5.73 Å². The van der Waals surface area contributed by atoms with Crippen molar-refractivity contribution in [3.63, 3.8) is 0 Å². The summed E-state index contributed by atoms with van der Waals surface area (Å²) in [4.78, 5) is 8.64. The molecule has 1 atom stereocenters. The molecule has 0 fully saturated rings. The minimum Gasteiger partial charge on any atom is -0.330 e. The van der Waals surface area contributed by atoms with Crippen LogP contribution in [0, 0.1) is 0 Å². The van der Waals surface area contributed by atoms with Crippen LogP contribution in [-0.2, 0) is 0 Å². The first kappa shape index (κ1) is 11.2. The smallest absolute Gasteiger partial charge is 0.0961 e. The first-order valence-corrected chi connectivity index (χ1v) is 6.25. The zero-order chi connectivity index (χ0) is 11.4. The maximum absolute atomic E-state index is 5.55. The topological polar surface area (TPSA) is 51.8 Å². The zero-order valence-corrected chi connectivity index (χ0v) is 10.1. The second kappa shape index (κ2) is 5.18. The summed E-state index contributed by atoms with van der Waals surface area (Å²) in [5.41, 5.74) is 7.71. The Morgan fingerprint density at radius 2 is 2.12 bits per heavy atom. The van der Waals surface area contributed by atoms with Gasteiger partial charge in [0.25, 0.3) is 0 Å². The van der Waals surface area contributed by atoms with Gasteiger partial charge in [0, 0.05) is 29.3 Å².